The Labute approximate surface area is 204 Å². The molecule has 6 heteroatoms. The minimum Gasteiger partial charge on any atom is -1.00 e. The molecule has 4 aliphatic carbocycles. The summed E-state index contributed by atoms with van der Waals surface area (Å²) < 4.78 is 0. The minimum absolute atomic E-state index is 0. The summed E-state index contributed by atoms with van der Waals surface area (Å²) in [6.45, 7) is 3.34. The van der Waals surface area contributed by atoms with Crippen molar-refractivity contribution in [3.63, 3.8) is 0 Å². The van der Waals surface area contributed by atoms with Crippen molar-refractivity contribution < 1.29 is 77.7 Å². The standard InChI is InChI=1S/C21H28O5.K.H/c1-19-7-5-13(23)9-12(19)3-4-14-15-6-8-21(26,17(25)11-22)20(15,2)10-16(24)18(14)19;;/h5,7,9,14-16,18,22,24,26H,3-4,6,8,10-11H2,1-2H3;;/q;+1;-1/t14-,15-,16-,18+,19-,20-,21-;;/m0../s1. The van der Waals surface area contributed by atoms with E-state index in [1.165, 1.54) is 0 Å². The molecule has 3 N–H and O–H groups in total. The molecule has 0 aliphatic heterocycles. The summed E-state index contributed by atoms with van der Waals surface area (Å²) in [7, 11) is 0. The zero-order chi connectivity index (χ0) is 18.9. The first kappa shape index (κ1) is 22.0. The van der Waals surface area contributed by atoms with E-state index in [4.69, 9.17) is 0 Å². The Balaban J connectivity index is 0.00000140. The molecule has 0 aromatic carbocycles. The van der Waals surface area contributed by atoms with Crippen LogP contribution in [0.15, 0.2) is 23.8 Å². The van der Waals surface area contributed by atoms with Gasteiger partial charge in [-0.2, -0.15) is 0 Å². The third kappa shape index (κ3) is 2.90. The molecular formula is C21H29KO5. The molecule has 0 radical (unpaired) electrons. The number of hydrogen-bond acceptors (Lipinski definition) is 5. The Morgan fingerprint density at radius 3 is 2.70 bits per heavy atom. The summed E-state index contributed by atoms with van der Waals surface area (Å²) in [5, 5.41) is 31.7. The van der Waals surface area contributed by atoms with Crippen LogP contribution in [0.2, 0.25) is 0 Å². The summed E-state index contributed by atoms with van der Waals surface area (Å²) in [5.41, 5.74) is -1.54. The fraction of sp³-hybridized carbons (Fsp3) is 0.714. The number of hydrogen-bond donors (Lipinski definition) is 3. The van der Waals surface area contributed by atoms with Crippen molar-refractivity contribution >= 4 is 11.6 Å². The van der Waals surface area contributed by atoms with E-state index in [9.17, 15) is 24.9 Å². The van der Waals surface area contributed by atoms with Crippen LogP contribution in [-0.4, -0.2) is 45.2 Å². The van der Waals surface area contributed by atoms with Gasteiger partial charge in [-0.1, -0.05) is 25.5 Å². The zero-order valence-corrected chi connectivity index (χ0v) is 19.6. The number of fused-ring (bicyclic) bond motifs is 5. The number of ketones is 2. The van der Waals surface area contributed by atoms with Gasteiger partial charge in [0, 0.05) is 16.7 Å². The molecular weight excluding hydrogens is 371 g/mol. The molecule has 0 aromatic heterocycles. The number of aliphatic hydroxyl groups is 3. The van der Waals surface area contributed by atoms with Crippen LogP contribution in [0, 0.1) is 28.6 Å². The molecule has 0 amide bonds. The van der Waals surface area contributed by atoms with Gasteiger partial charge in [0.1, 0.15) is 12.2 Å². The second-order valence-electron chi connectivity index (χ2n) is 9.19. The number of carbonyl (C=O) groups is 2. The second-order valence-corrected chi connectivity index (χ2v) is 9.19. The fourth-order valence-electron chi connectivity index (χ4n) is 6.92. The number of Topliss-reactive ketones (excluding diaryl/α,β-unsaturated/α-hetero) is 1. The number of rotatable bonds is 2. The summed E-state index contributed by atoms with van der Waals surface area (Å²) in [5.74, 6) is -0.227. The van der Waals surface area contributed by atoms with Crippen molar-refractivity contribution in [2.24, 2.45) is 28.6 Å². The second kappa shape index (κ2) is 7.24. The summed E-state index contributed by atoms with van der Waals surface area (Å²) >= 11 is 0. The molecule has 0 spiro atoms. The van der Waals surface area contributed by atoms with Gasteiger partial charge in [-0.15, -0.1) is 0 Å². The zero-order valence-electron chi connectivity index (χ0n) is 17.4. The fourth-order valence-corrected chi connectivity index (χ4v) is 6.92. The third-order valence-electron chi connectivity index (χ3n) is 8.25. The van der Waals surface area contributed by atoms with Crippen molar-refractivity contribution in [1.29, 1.82) is 0 Å². The van der Waals surface area contributed by atoms with Crippen molar-refractivity contribution in [2.45, 2.75) is 57.7 Å². The first-order valence-electron chi connectivity index (χ1n) is 9.66. The van der Waals surface area contributed by atoms with Gasteiger partial charge >= 0.3 is 51.4 Å². The summed E-state index contributed by atoms with van der Waals surface area (Å²) in [6.07, 6.45) is 7.68. The Bertz CT molecular complexity index is 736. The van der Waals surface area contributed by atoms with Crippen LogP contribution in [0.4, 0.5) is 0 Å². The maximum Gasteiger partial charge on any atom is 1.00 e. The van der Waals surface area contributed by atoms with Crippen LogP contribution in [0.5, 0.6) is 0 Å². The minimum atomic E-state index is -1.56. The molecule has 144 valence electrons. The smallest absolute Gasteiger partial charge is 1.00 e. The topological polar surface area (TPSA) is 94.8 Å². The van der Waals surface area contributed by atoms with Crippen LogP contribution < -0.4 is 51.4 Å². The van der Waals surface area contributed by atoms with E-state index >= 15 is 0 Å². The SMILES string of the molecule is C[C@]12C=CC(=O)C=C1CC[C@@H]1[C@@H]2[C@@H](O)C[C@@]2(C)[C@H]1CC[C@]2(O)C(=O)CO.[H-].[K+]. The molecule has 0 aromatic rings. The number of allylic oxidation sites excluding steroid dienone is 4. The maximum atomic E-state index is 12.4. The predicted octanol–water partition coefficient (Wildman–Crippen LogP) is -1.33. The van der Waals surface area contributed by atoms with Crippen molar-refractivity contribution in [3.8, 4) is 0 Å². The van der Waals surface area contributed by atoms with Crippen LogP contribution in [0.1, 0.15) is 47.4 Å². The average Bonchev–Trinajstić information content (AvgIpc) is 2.86. The van der Waals surface area contributed by atoms with Crippen molar-refractivity contribution in [2.75, 3.05) is 6.61 Å². The van der Waals surface area contributed by atoms with E-state index in [-0.39, 0.29) is 81.8 Å². The van der Waals surface area contributed by atoms with Gasteiger partial charge in [-0.05, 0) is 56.1 Å². The monoisotopic (exact) mass is 400 g/mol. The van der Waals surface area contributed by atoms with Crippen LogP contribution in [0.25, 0.3) is 0 Å². The van der Waals surface area contributed by atoms with E-state index < -0.39 is 29.5 Å². The molecule has 4 aliphatic rings. The number of carbonyl (C=O) groups excluding carboxylic acids is 2. The molecule has 5 nitrogen and oxygen atoms in total. The van der Waals surface area contributed by atoms with Gasteiger partial charge in [0.2, 0.25) is 0 Å². The first-order chi connectivity index (χ1) is 12.2. The first-order valence-corrected chi connectivity index (χ1v) is 9.66. The Kier molecular flexibility index (Phi) is 5.90. The van der Waals surface area contributed by atoms with Gasteiger partial charge < -0.3 is 16.7 Å². The van der Waals surface area contributed by atoms with Crippen LogP contribution in [-0.2, 0) is 9.59 Å². The van der Waals surface area contributed by atoms with Crippen molar-refractivity contribution in [1.82, 2.24) is 0 Å². The molecule has 3 fully saturated rings. The van der Waals surface area contributed by atoms with E-state index in [0.29, 0.717) is 12.8 Å². The summed E-state index contributed by atoms with van der Waals surface area (Å²) in [4.78, 5) is 24.2. The Morgan fingerprint density at radius 1 is 1.33 bits per heavy atom. The molecule has 0 saturated heterocycles. The van der Waals surface area contributed by atoms with E-state index in [1.54, 1.807) is 12.2 Å². The number of aliphatic hydroxyl groups excluding tert-OH is 2. The Morgan fingerprint density at radius 2 is 2.04 bits per heavy atom. The molecule has 27 heavy (non-hydrogen) atoms. The van der Waals surface area contributed by atoms with Gasteiger partial charge in [0.25, 0.3) is 0 Å². The van der Waals surface area contributed by atoms with Crippen molar-refractivity contribution in [3.05, 3.63) is 23.8 Å². The van der Waals surface area contributed by atoms with Gasteiger partial charge in [0.05, 0.1) is 6.10 Å². The molecule has 7 atom stereocenters. The van der Waals surface area contributed by atoms with Crippen LogP contribution >= 0.6 is 0 Å². The normalized spacial score (nSPS) is 48.0. The summed E-state index contributed by atoms with van der Waals surface area (Å²) in [6, 6.07) is 0. The van der Waals surface area contributed by atoms with E-state index in [0.717, 1.165) is 24.8 Å². The van der Waals surface area contributed by atoms with E-state index in [1.807, 2.05) is 13.0 Å². The maximum absolute atomic E-state index is 12.4. The molecule has 4 rings (SSSR count). The molecule has 3 saturated carbocycles. The molecule has 0 bridgehead atoms. The average molecular weight is 401 g/mol. The largest absolute Gasteiger partial charge is 1.00 e. The van der Waals surface area contributed by atoms with Gasteiger partial charge in [-0.25, -0.2) is 0 Å². The van der Waals surface area contributed by atoms with Gasteiger partial charge in [0.15, 0.2) is 11.6 Å². The van der Waals surface area contributed by atoms with Crippen LogP contribution in [0.3, 0.4) is 0 Å². The Hall–Kier alpha value is 0.336. The van der Waals surface area contributed by atoms with E-state index in [2.05, 4.69) is 6.92 Å². The third-order valence-corrected chi connectivity index (χ3v) is 8.25. The molecule has 0 unspecified atom stereocenters. The molecule has 0 heterocycles. The predicted molar refractivity (Wildman–Crippen MR) is 96.2 cm³/mol. The quantitative estimate of drug-likeness (QED) is 0.500. The van der Waals surface area contributed by atoms with Gasteiger partial charge in [-0.3, -0.25) is 9.59 Å².